The van der Waals surface area contributed by atoms with Crippen LogP contribution in [-0.2, 0) is 0 Å². The van der Waals surface area contributed by atoms with Crippen LogP contribution in [0.2, 0.25) is 0 Å². The van der Waals surface area contributed by atoms with Gasteiger partial charge in [-0.25, -0.2) is 0 Å². The number of fused-ring (bicyclic) bond motifs is 10. The van der Waals surface area contributed by atoms with Crippen LogP contribution in [0.5, 0.6) is 0 Å². The third kappa shape index (κ3) is 5.82. The van der Waals surface area contributed by atoms with Gasteiger partial charge in [-0.2, -0.15) is 0 Å². The highest BCUT2D eigenvalue weighted by molar-refractivity contribution is 6.35. The van der Waals surface area contributed by atoms with Gasteiger partial charge in [-0.3, -0.25) is 0 Å². The lowest BCUT2D eigenvalue weighted by Crippen LogP contribution is -2.01. The molecule has 0 aliphatic carbocycles. The first-order valence-electron chi connectivity index (χ1n) is 25.7. The maximum absolute atomic E-state index is 2.62. The summed E-state index contributed by atoms with van der Waals surface area (Å²) in [6.07, 6.45) is 0. The fourth-order valence-corrected chi connectivity index (χ4v) is 12.9. The van der Waals surface area contributed by atoms with Crippen molar-refractivity contribution in [1.82, 2.24) is 9.13 Å². The Bertz CT molecular complexity index is 4600. The van der Waals surface area contributed by atoms with Crippen LogP contribution in [-0.4, -0.2) is 9.13 Å². The van der Waals surface area contributed by atoms with Crippen molar-refractivity contribution in [3.05, 3.63) is 267 Å². The van der Waals surface area contributed by atoms with Crippen LogP contribution < -0.4 is 0 Å². The molecule has 0 aliphatic rings. The monoisotopic (exact) mass is 936 g/mol. The van der Waals surface area contributed by atoms with E-state index in [4.69, 9.17) is 0 Å². The molecule has 0 spiro atoms. The summed E-state index contributed by atoms with van der Waals surface area (Å²) in [5, 5.41) is 19.8. The van der Waals surface area contributed by atoms with Gasteiger partial charge in [0.25, 0.3) is 0 Å². The third-order valence-electron chi connectivity index (χ3n) is 15.9. The minimum atomic E-state index is 1.17. The summed E-state index contributed by atoms with van der Waals surface area (Å²) in [5.41, 5.74) is 14.3. The van der Waals surface area contributed by atoms with E-state index in [1.54, 1.807) is 0 Å². The van der Waals surface area contributed by atoms with Gasteiger partial charge in [0.15, 0.2) is 0 Å². The molecule has 342 valence electrons. The SMILES string of the molecule is c1ccc(-c2c(-c3ccccc3)n(-c3cc4ccccc4c4ccccc34)c3c2cc2ccc4c5c(ccc3c25)cc2c(-c3ccccc3)c(-c3ccccc3)n(-c3cc5ccccc5c5ccccc35)c24)cc1. The lowest BCUT2D eigenvalue weighted by Gasteiger charge is -2.20. The largest absolute Gasteiger partial charge is 0.307 e. The Labute approximate surface area is 427 Å². The number of rotatable bonds is 6. The van der Waals surface area contributed by atoms with E-state index in [0.717, 1.165) is 0 Å². The van der Waals surface area contributed by atoms with Crippen LogP contribution in [0.3, 0.4) is 0 Å². The molecule has 0 saturated heterocycles. The normalized spacial score (nSPS) is 12.1. The molecule has 0 radical (unpaired) electrons. The van der Waals surface area contributed by atoms with Gasteiger partial charge in [0.2, 0.25) is 0 Å². The second-order valence-electron chi connectivity index (χ2n) is 19.9. The van der Waals surface area contributed by atoms with Gasteiger partial charge >= 0.3 is 0 Å². The molecule has 0 fully saturated rings. The zero-order chi connectivity index (χ0) is 48.4. The molecule has 0 saturated carbocycles. The number of aromatic nitrogens is 2. The van der Waals surface area contributed by atoms with Crippen molar-refractivity contribution >= 4 is 97.2 Å². The second kappa shape index (κ2) is 15.9. The predicted octanol–water partition coefficient (Wildman–Crippen LogP) is 19.8. The van der Waals surface area contributed by atoms with Crippen LogP contribution >= 0.6 is 0 Å². The molecule has 2 heteroatoms. The molecule has 16 rings (SSSR count). The Hall–Kier alpha value is -9.76. The van der Waals surface area contributed by atoms with Crippen LogP contribution in [0.1, 0.15) is 0 Å². The van der Waals surface area contributed by atoms with Crippen molar-refractivity contribution in [2.75, 3.05) is 0 Å². The van der Waals surface area contributed by atoms with Crippen molar-refractivity contribution < 1.29 is 0 Å². The first-order valence-corrected chi connectivity index (χ1v) is 25.7. The van der Waals surface area contributed by atoms with E-state index in [-0.39, 0.29) is 0 Å². The fourth-order valence-electron chi connectivity index (χ4n) is 12.9. The van der Waals surface area contributed by atoms with E-state index in [0.29, 0.717) is 0 Å². The Morgan fingerprint density at radius 2 is 0.527 bits per heavy atom. The van der Waals surface area contributed by atoms with E-state index in [1.807, 2.05) is 0 Å². The molecule has 14 aromatic carbocycles. The fraction of sp³-hybridized carbons (Fsp3) is 0. The molecule has 2 nitrogen and oxygen atoms in total. The maximum atomic E-state index is 2.62. The molecule has 0 N–H and O–H groups in total. The van der Waals surface area contributed by atoms with Crippen molar-refractivity contribution in [1.29, 1.82) is 0 Å². The predicted molar refractivity (Wildman–Crippen MR) is 316 cm³/mol. The van der Waals surface area contributed by atoms with Crippen molar-refractivity contribution in [3.63, 3.8) is 0 Å². The van der Waals surface area contributed by atoms with Gasteiger partial charge in [0.05, 0.1) is 33.8 Å². The smallest absolute Gasteiger partial charge is 0.0620 e. The summed E-state index contributed by atoms with van der Waals surface area (Å²) >= 11 is 0. The number of nitrogens with zero attached hydrogens (tertiary/aromatic N) is 2. The van der Waals surface area contributed by atoms with Crippen molar-refractivity contribution in [3.8, 4) is 56.1 Å². The average molecular weight is 937 g/mol. The van der Waals surface area contributed by atoms with Gasteiger partial charge in [-0.05, 0) is 100 Å². The molecule has 0 amide bonds. The van der Waals surface area contributed by atoms with E-state index < -0.39 is 0 Å². The van der Waals surface area contributed by atoms with Crippen molar-refractivity contribution in [2.24, 2.45) is 0 Å². The summed E-state index contributed by atoms with van der Waals surface area (Å²) < 4.78 is 5.24. The van der Waals surface area contributed by atoms with Gasteiger partial charge in [0, 0.05) is 43.4 Å². The molecule has 0 atom stereocenters. The van der Waals surface area contributed by atoms with E-state index in [2.05, 4.69) is 276 Å². The molecule has 0 unspecified atom stereocenters. The average Bonchev–Trinajstić information content (AvgIpc) is 4.11. The topological polar surface area (TPSA) is 9.86 Å². The lowest BCUT2D eigenvalue weighted by atomic mass is 9.89. The van der Waals surface area contributed by atoms with Crippen LogP contribution in [0.15, 0.2) is 267 Å². The first-order chi connectivity index (χ1) is 36.8. The van der Waals surface area contributed by atoms with Crippen molar-refractivity contribution in [2.45, 2.75) is 0 Å². The molecule has 0 bridgehead atoms. The number of hydrogen-bond donors (Lipinski definition) is 0. The zero-order valence-corrected chi connectivity index (χ0v) is 40.3. The number of hydrogen-bond acceptors (Lipinski definition) is 0. The minimum Gasteiger partial charge on any atom is -0.307 e. The summed E-state index contributed by atoms with van der Waals surface area (Å²) in [6.45, 7) is 0. The highest BCUT2D eigenvalue weighted by atomic mass is 15.0. The van der Waals surface area contributed by atoms with Crippen LogP contribution in [0.25, 0.3) is 153 Å². The molecule has 16 aromatic rings. The second-order valence-corrected chi connectivity index (χ2v) is 19.9. The van der Waals surface area contributed by atoms with E-state index >= 15 is 0 Å². The highest BCUT2D eigenvalue weighted by Crippen LogP contribution is 2.53. The summed E-state index contributed by atoms with van der Waals surface area (Å²) in [7, 11) is 0. The Balaban J connectivity index is 1.13. The Kier molecular flexibility index (Phi) is 8.78. The number of benzene rings is 14. The van der Waals surface area contributed by atoms with E-state index in [9.17, 15) is 0 Å². The minimum absolute atomic E-state index is 1.17. The molecule has 0 aliphatic heterocycles. The molecule has 2 aromatic heterocycles. The quantitative estimate of drug-likeness (QED) is 0.147. The zero-order valence-electron chi connectivity index (χ0n) is 40.3. The van der Waals surface area contributed by atoms with Gasteiger partial charge in [0.1, 0.15) is 0 Å². The Morgan fingerprint density at radius 3 is 0.919 bits per heavy atom. The maximum Gasteiger partial charge on any atom is 0.0620 e. The molecular weight excluding hydrogens is 893 g/mol. The Morgan fingerprint density at radius 1 is 0.203 bits per heavy atom. The third-order valence-corrected chi connectivity index (χ3v) is 15.9. The summed E-state index contributed by atoms with van der Waals surface area (Å²) in [4.78, 5) is 0. The van der Waals surface area contributed by atoms with Crippen LogP contribution in [0, 0.1) is 0 Å². The van der Waals surface area contributed by atoms with E-state index in [1.165, 1.54) is 153 Å². The lowest BCUT2D eigenvalue weighted by molar-refractivity contribution is 1.16. The molecule has 74 heavy (non-hydrogen) atoms. The highest BCUT2D eigenvalue weighted by Gasteiger charge is 2.29. The van der Waals surface area contributed by atoms with Crippen LogP contribution in [0.4, 0.5) is 0 Å². The summed E-state index contributed by atoms with van der Waals surface area (Å²) in [6, 6.07) is 99.4. The first kappa shape index (κ1) is 40.9. The van der Waals surface area contributed by atoms with Gasteiger partial charge < -0.3 is 9.13 Å². The van der Waals surface area contributed by atoms with Gasteiger partial charge in [-0.1, -0.05) is 243 Å². The van der Waals surface area contributed by atoms with Gasteiger partial charge in [-0.15, -0.1) is 0 Å². The summed E-state index contributed by atoms with van der Waals surface area (Å²) in [5.74, 6) is 0. The molecule has 2 heterocycles. The molecular formula is C72H44N2. The standard InChI is InChI=1S/C72H44N2/c1-5-21-45(22-6-1)67-61-41-51-37-40-60-66-52(38-39-59(65(51)66)71(61)73(69(67)47-25-9-3-10-26-47)63-43-49-29-13-15-31-53(49)55-33-17-19-35-57(55)63)42-62-68(46-23-7-2-8-24-46)70(48-27-11-4-12-28-48)74(72(60)62)64-44-50-30-14-16-32-54(50)56-34-18-20-36-58(56)64/h1-44H.